The Morgan fingerprint density at radius 3 is 2.47 bits per heavy atom. The molecule has 0 rings (SSSR count). The predicted octanol–water partition coefficient (Wildman–Crippen LogP) is 2.73. The molecule has 0 aliphatic rings. The van der Waals surface area contributed by atoms with Gasteiger partial charge in [0, 0.05) is 5.25 Å². The van der Waals surface area contributed by atoms with Crippen molar-refractivity contribution in [1.29, 1.82) is 0 Å². The normalized spacial score (nSPS) is 12.3. The van der Waals surface area contributed by atoms with Gasteiger partial charge in [0.15, 0.2) is 0 Å². The Morgan fingerprint density at radius 1 is 1.33 bits per heavy atom. The molecule has 0 aromatic carbocycles. The lowest BCUT2D eigenvalue weighted by molar-refractivity contribution is -0.304. The Balaban J connectivity index is 3.45. The van der Waals surface area contributed by atoms with Crippen LogP contribution in [0.4, 0.5) is 0 Å². The number of carbonyl (C=O) groups excluding carboxylic acids is 1. The first-order valence-electron chi connectivity index (χ1n) is 5.69. The topological polar surface area (TPSA) is 40.1 Å². The largest absolute Gasteiger partial charge is 0.549 e. The molecule has 0 heterocycles. The van der Waals surface area contributed by atoms with Gasteiger partial charge < -0.3 is 9.90 Å². The second-order valence-electron chi connectivity index (χ2n) is 3.67. The van der Waals surface area contributed by atoms with E-state index in [1.54, 1.807) is 5.41 Å². The molecule has 0 amide bonds. The molecule has 15 heavy (non-hydrogen) atoms. The molecule has 0 fully saturated rings. The van der Waals surface area contributed by atoms with E-state index >= 15 is 0 Å². The number of aliphatic carboxylic acids is 1. The lowest BCUT2D eigenvalue weighted by Crippen LogP contribution is -2.33. The van der Waals surface area contributed by atoms with Crippen LogP contribution in [-0.2, 0) is 4.79 Å². The minimum absolute atomic E-state index is 0.409. The molecule has 0 saturated heterocycles. The molecular formula is C12H21O2S-. The monoisotopic (exact) mass is 229 g/mol. The first-order valence-corrected chi connectivity index (χ1v) is 6.63. The van der Waals surface area contributed by atoms with Crippen molar-refractivity contribution < 1.29 is 9.90 Å². The van der Waals surface area contributed by atoms with Crippen LogP contribution in [0.15, 0.2) is 12.0 Å². The smallest absolute Gasteiger partial charge is 0.0548 e. The third kappa shape index (κ3) is 8.55. The molecule has 0 aromatic rings. The lowest BCUT2D eigenvalue weighted by Gasteiger charge is -2.14. The number of rotatable bonds is 10. The summed E-state index contributed by atoms with van der Waals surface area (Å²) in [6, 6.07) is 0. The van der Waals surface area contributed by atoms with Gasteiger partial charge in [-0.05, 0) is 11.8 Å². The van der Waals surface area contributed by atoms with E-state index in [4.69, 9.17) is 0 Å². The van der Waals surface area contributed by atoms with Crippen molar-refractivity contribution >= 4 is 17.7 Å². The van der Waals surface area contributed by atoms with Gasteiger partial charge in [-0.15, -0.1) is 11.8 Å². The van der Waals surface area contributed by atoms with Gasteiger partial charge in [-0.2, -0.15) is 0 Å². The van der Waals surface area contributed by atoms with Crippen LogP contribution < -0.4 is 5.11 Å². The Bertz CT molecular complexity index is 180. The van der Waals surface area contributed by atoms with Crippen LogP contribution in [0.25, 0.3) is 0 Å². The average Bonchev–Trinajstić information content (AvgIpc) is 2.21. The number of hydrogen-bond donors (Lipinski definition) is 0. The van der Waals surface area contributed by atoms with Crippen molar-refractivity contribution in [2.45, 2.75) is 57.1 Å². The third-order valence-corrected chi connectivity index (χ3v) is 3.29. The van der Waals surface area contributed by atoms with E-state index in [0.29, 0.717) is 6.42 Å². The van der Waals surface area contributed by atoms with Crippen LogP contribution in [0.1, 0.15) is 51.9 Å². The Morgan fingerprint density at radius 2 is 1.93 bits per heavy atom. The van der Waals surface area contributed by atoms with E-state index in [0.717, 1.165) is 12.8 Å². The maximum Gasteiger partial charge on any atom is 0.0548 e. The second-order valence-corrected chi connectivity index (χ2v) is 4.84. The Labute approximate surface area is 97.1 Å². The van der Waals surface area contributed by atoms with Gasteiger partial charge in [-0.1, -0.05) is 52.0 Å². The first-order chi connectivity index (χ1) is 7.22. The molecule has 1 atom stereocenters. The van der Waals surface area contributed by atoms with Gasteiger partial charge in [0.25, 0.3) is 0 Å². The van der Waals surface area contributed by atoms with Gasteiger partial charge in [0.2, 0.25) is 0 Å². The van der Waals surface area contributed by atoms with Crippen molar-refractivity contribution in [3.05, 3.63) is 12.0 Å². The average molecular weight is 229 g/mol. The fraction of sp³-hybridized carbons (Fsp3) is 0.750. The van der Waals surface area contributed by atoms with Gasteiger partial charge >= 0.3 is 0 Å². The highest BCUT2D eigenvalue weighted by Crippen LogP contribution is 2.18. The molecule has 0 spiro atoms. The second kappa shape index (κ2) is 10.1. The maximum absolute atomic E-state index is 10.7. The minimum atomic E-state index is -0.964. The highest BCUT2D eigenvalue weighted by molar-refractivity contribution is 8.03. The Hall–Kier alpha value is -0.440. The fourth-order valence-electron chi connectivity index (χ4n) is 1.47. The first kappa shape index (κ1) is 14.6. The van der Waals surface area contributed by atoms with E-state index < -0.39 is 11.2 Å². The molecule has 88 valence electrons. The highest BCUT2D eigenvalue weighted by Gasteiger charge is 2.07. The summed E-state index contributed by atoms with van der Waals surface area (Å²) in [6.45, 7) is 5.71. The summed E-state index contributed by atoms with van der Waals surface area (Å²) in [6.07, 6.45) is 7.81. The molecule has 0 aliphatic carbocycles. The standard InChI is InChI=1S/C12H22O2S/c1-3-5-6-7-8-9-10-11(12(13)14)15-4-2/h4,11H,2-3,5-10H2,1H3,(H,13,14)/p-1. The molecule has 0 saturated carbocycles. The van der Waals surface area contributed by atoms with Crippen LogP contribution in [0.3, 0.4) is 0 Å². The van der Waals surface area contributed by atoms with Crippen LogP contribution in [0.5, 0.6) is 0 Å². The fourth-order valence-corrected chi connectivity index (χ4v) is 2.11. The van der Waals surface area contributed by atoms with Crippen molar-refractivity contribution in [2.24, 2.45) is 0 Å². The number of carboxylic acid groups (broad SMARTS) is 1. The molecule has 0 aromatic heterocycles. The van der Waals surface area contributed by atoms with Gasteiger partial charge in [0.1, 0.15) is 0 Å². The Kier molecular flexibility index (Phi) is 9.79. The number of thioether (sulfide) groups is 1. The number of unbranched alkanes of at least 4 members (excludes halogenated alkanes) is 5. The van der Waals surface area contributed by atoms with Gasteiger partial charge in [-0.25, -0.2) is 0 Å². The summed E-state index contributed by atoms with van der Waals surface area (Å²) >= 11 is 1.25. The minimum Gasteiger partial charge on any atom is -0.549 e. The summed E-state index contributed by atoms with van der Waals surface area (Å²) in [5.74, 6) is -0.964. The molecular weight excluding hydrogens is 208 g/mol. The summed E-state index contributed by atoms with van der Waals surface area (Å²) in [5, 5.41) is 11.8. The highest BCUT2D eigenvalue weighted by atomic mass is 32.2. The van der Waals surface area contributed by atoms with Gasteiger partial charge in [-0.3, -0.25) is 0 Å². The predicted molar refractivity (Wildman–Crippen MR) is 64.6 cm³/mol. The molecule has 0 aliphatic heterocycles. The van der Waals surface area contributed by atoms with Crippen LogP contribution in [0.2, 0.25) is 0 Å². The van der Waals surface area contributed by atoms with Crippen LogP contribution in [-0.4, -0.2) is 11.2 Å². The molecule has 3 heteroatoms. The van der Waals surface area contributed by atoms with E-state index in [1.807, 2.05) is 0 Å². The molecule has 2 nitrogen and oxygen atoms in total. The summed E-state index contributed by atoms with van der Waals surface area (Å²) in [7, 11) is 0. The quantitative estimate of drug-likeness (QED) is 0.541. The molecule has 0 N–H and O–H groups in total. The maximum atomic E-state index is 10.7. The van der Waals surface area contributed by atoms with Crippen molar-refractivity contribution in [3.8, 4) is 0 Å². The zero-order chi connectivity index (χ0) is 11.5. The molecule has 0 radical (unpaired) electrons. The van der Waals surface area contributed by atoms with E-state index in [-0.39, 0.29) is 0 Å². The number of carbonyl (C=O) groups is 1. The third-order valence-electron chi connectivity index (χ3n) is 2.34. The van der Waals surface area contributed by atoms with E-state index in [1.165, 1.54) is 37.4 Å². The zero-order valence-corrected chi connectivity index (χ0v) is 10.4. The number of hydrogen-bond acceptors (Lipinski definition) is 3. The van der Waals surface area contributed by atoms with Crippen molar-refractivity contribution in [2.75, 3.05) is 0 Å². The van der Waals surface area contributed by atoms with E-state index in [9.17, 15) is 9.90 Å². The molecule has 1 unspecified atom stereocenters. The van der Waals surface area contributed by atoms with E-state index in [2.05, 4.69) is 13.5 Å². The van der Waals surface area contributed by atoms with Gasteiger partial charge in [0.05, 0.1) is 5.97 Å². The van der Waals surface area contributed by atoms with Crippen molar-refractivity contribution in [3.63, 3.8) is 0 Å². The summed E-state index contributed by atoms with van der Waals surface area (Å²) < 4.78 is 0. The van der Waals surface area contributed by atoms with Crippen LogP contribution in [0, 0.1) is 0 Å². The van der Waals surface area contributed by atoms with Crippen molar-refractivity contribution in [1.82, 2.24) is 0 Å². The summed E-state index contributed by atoms with van der Waals surface area (Å²) in [5.41, 5.74) is 0. The molecule has 0 bridgehead atoms. The SMILES string of the molecule is C=CSC(CCCCCCCC)C(=O)[O-]. The number of carboxylic acids is 1. The lowest BCUT2D eigenvalue weighted by atomic mass is 10.1. The van der Waals surface area contributed by atoms with Crippen LogP contribution >= 0.6 is 11.8 Å². The summed E-state index contributed by atoms with van der Waals surface area (Å²) in [4.78, 5) is 10.7. The zero-order valence-electron chi connectivity index (χ0n) is 9.54.